The summed E-state index contributed by atoms with van der Waals surface area (Å²) in [6.07, 6.45) is 0. The van der Waals surface area contributed by atoms with Crippen molar-refractivity contribution >= 4 is 21.6 Å². The van der Waals surface area contributed by atoms with Crippen molar-refractivity contribution in [2.45, 2.75) is 25.3 Å². The van der Waals surface area contributed by atoms with Crippen LogP contribution in [-0.4, -0.2) is 26.3 Å². The summed E-state index contributed by atoms with van der Waals surface area (Å²) < 4.78 is 27.9. The Morgan fingerprint density at radius 2 is 1.59 bits per heavy atom. The van der Waals surface area contributed by atoms with Gasteiger partial charge in [-0.3, -0.25) is 9.52 Å². The molecule has 3 rings (SSSR count). The van der Waals surface area contributed by atoms with Gasteiger partial charge in [-0.15, -0.1) is 0 Å². The van der Waals surface area contributed by atoms with Gasteiger partial charge in [0.25, 0.3) is 15.9 Å². The Bertz CT molecular complexity index is 1110. The summed E-state index contributed by atoms with van der Waals surface area (Å²) in [5.74, 6) is -0.175. The third-order valence-electron chi connectivity index (χ3n) is 4.67. The van der Waals surface area contributed by atoms with Gasteiger partial charge < -0.3 is 4.90 Å². The van der Waals surface area contributed by atoms with Crippen LogP contribution >= 0.6 is 0 Å². The lowest BCUT2D eigenvalue weighted by Gasteiger charge is -2.19. The highest BCUT2D eigenvalue weighted by Crippen LogP contribution is 2.22. The molecule has 5 nitrogen and oxygen atoms in total. The van der Waals surface area contributed by atoms with Gasteiger partial charge in [-0.25, -0.2) is 8.42 Å². The third-order valence-corrected chi connectivity index (χ3v) is 6.05. The fourth-order valence-corrected chi connectivity index (χ4v) is 4.07. The summed E-state index contributed by atoms with van der Waals surface area (Å²) in [5, 5.41) is 0. The van der Waals surface area contributed by atoms with Gasteiger partial charge in [-0.1, -0.05) is 54.1 Å². The van der Waals surface area contributed by atoms with Crippen molar-refractivity contribution in [3.05, 3.63) is 95.1 Å². The van der Waals surface area contributed by atoms with E-state index in [0.717, 1.165) is 16.7 Å². The fraction of sp³-hybridized carbons (Fsp3) is 0.174. The van der Waals surface area contributed by atoms with Crippen LogP contribution in [0.4, 0.5) is 5.69 Å². The molecule has 0 aromatic heterocycles. The van der Waals surface area contributed by atoms with Crippen molar-refractivity contribution in [1.82, 2.24) is 4.90 Å². The molecule has 6 heteroatoms. The molecule has 0 heterocycles. The Kier molecular flexibility index (Phi) is 6.03. The van der Waals surface area contributed by atoms with E-state index in [4.69, 9.17) is 0 Å². The van der Waals surface area contributed by atoms with Crippen molar-refractivity contribution in [1.29, 1.82) is 0 Å². The minimum absolute atomic E-state index is 0.174. The molecule has 0 unspecified atom stereocenters. The van der Waals surface area contributed by atoms with Gasteiger partial charge in [-0.2, -0.15) is 0 Å². The van der Waals surface area contributed by atoms with Gasteiger partial charge in [0.1, 0.15) is 0 Å². The van der Waals surface area contributed by atoms with Crippen LogP contribution in [0.5, 0.6) is 0 Å². The Balaban J connectivity index is 1.80. The predicted octanol–water partition coefficient (Wildman–Crippen LogP) is 4.38. The van der Waals surface area contributed by atoms with Crippen LogP contribution in [-0.2, 0) is 16.6 Å². The molecule has 0 bridgehead atoms. The molecular formula is C23H24N2O3S. The summed E-state index contributed by atoms with van der Waals surface area (Å²) in [6, 6.07) is 21.2. The molecule has 0 saturated carbocycles. The highest BCUT2D eigenvalue weighted by molar-refractivity contribution is 7.92. The number of benzene rings is 3. The van der Waals surface area contributed by atoms with Crippen LogP contribution in [0.2, 0.25) is 0 Å². The van der Waals surface area contributed by atoms with Crippen LogP contribution in [0, 0.1) is 13.8 Å². The number of carbonyl (C=O) groups excluding carboxylic acids is 1. The molecule has 1 N–H and O–H groups in total. The molecule has 0 aliphatic rings. The summed E-state index contributed by atoms with van der Waals surface area (Å²) in [5.41, 5.74) is 3.75. The average Bonchev–Trinajstić information content (AvgIpc) is 2.71. The number of sulfonamides is 1. The topological polar surface area (TPSA) is 66.5 Å². The van der Waals surface area contributed by atoms with E-state index in [-0.39, 0.29) is 10.8 Å². The van der Waals surface area contributed by atoms with Crippen LogP contribution < -0.4 is 4.72 Å². The molecule has 0 aliphatic heterocycles. The summed E-state index contributed by atoms with van der Waals surface area (Å²) in [7, 11) is -1.99. The maximum Gasteiger partial charge on any atom is 0.261 e. The number of amides is 1. The van der Waals surface area contributed by atoms with E-state index in [1.807, 2.05) is 31.2 Å². The van der Waals surface area contributed by atoms with Crippen molar-refractivity contribution < 1.29 is 13.2 Å². The molecule has 150 valence electrons. The standard InChI is InChI=1S/C23H24N2O3S/c1-17-9-12-19(13-10-17)16-25(3)23(26)20-14-11-18(2)22(15-20)24-29(27,28)21-7-5-4-6-8-21/h4-15,24H,16H2,1-3H3. The number of nitrogens with one attached hydrogen (secondary N) is 1. The van der Waals surface area contributed by atoms with Crippen LogP contribution in [0.1, 0.15) is 27.0 Å². The molecule has 0 spiro atoms. The Morgan fingerprint density at radius 3 is 2.24 bits per heavy atom. The Morgan fingerprint density at radius 1 is 0.931 bits per heavy atom. The number of rotatable bonds is 6. The molecule has 3 aromatic rings. The van der Waals surface area contributed by atoms with Gasteiger partial charge in [0.05, 0.1) is 10.6 Å². The monoisotopic (exact) mass is 408 g/mol. The lowest BCUT2D eigenvalue weighted by atomic mass is 10.1. The zero-order chi connectivity index (χ0) is 21.0. The Hall–Kier alpha value is -3.12. The van der Waals surface area contributed by atoms with Gasteiger partial charge >= 0.3 is 0 Å². The second-order valence-electron chi connectivity index (χ2n) is 7.10. The van der Waals surface area contributed by atoms with Crippen LogP contribution in [0.15, 0.2) is 77.7 Å². The van der Waals surface area contributed by atoms with E-state index in [1.54, 1.807) is 55.3 Å². The quantitative estimate of drug-likeness (QED) is 0.658. The van der Waals surface area contributed by atoms with Gasteiger partial charge in [0.15, 0.2) is 0 Å². The molecule has 0 radical (unpaired) electrons. The summed E-state index contributed by atoms with van der Waals surface area (Å²) in [6.45, 7) is 4.29. The van der Waals surface area contributed by atoms with E-state index in [9.17, 15) is 13.2 Å². The molecule has 0 saturated heterocycles. The first-order valence-electron chi connectivity index (χ1n) is 9.26. The molecule has 29 heavy (non-hydrogen) atoms. The van der Waals surface area contributed by atoms with Crippen molar-refractivity contribution in [3.8, 4) is 0 Å². The van der Waals surface area contributed by atoms with Crippen LogP contribution in [0.25, 0.3) is 0 Å². The van der Waals surface area contributed by atoms with Gasteiger partial charge in [-0.05, 0) is 49.2 Å². The zero-order valence-corrected chi connectivity index (χ0v) is 17.5. The van der Waals surface area contributed by atoms with Crippen molar-refractivity contribution in [2.75, 3.05) is 11.8 Å². The number of hydrogen-bond donors (Lipinski definition) is 1. The highest BCUT2D eigenvalue weighted by Gasteiger charge is 2.18. The number of hydrogen-bond acceptors (Lipinski definition) is 3. The predicted molar refractivity (Wildman–Crippen MR) is 115 cm³/mol. The molecule has 0 aliphatic carbocycles. The second kappa shape index (κ2) is 8.49. The number of anilines is 1. The van der Waals surface area contributed by atoms with E-state index < -0.39 is 10.0 Å². The largest absolute Gasteiger partial charge is 0.337 e. The van der Waals surface area contributed by atoms with E-state index in [1.165, 1.54) is 12.1 Å². The average molecular weight is 409 g/mol. The number of carbonyl (C=O) groups is 1. The minimum Gasteiger partial charge on any atom is -0.337 e. The second-order valence-corrected chi connectivity index (χ2v) is 8.78. The lowest BCUT2D eigenvalue weighted by molar-refractivity contribution is 0.0785. The molecular weight excluding hydrogens is 384 g/mol. The molecule has 3 aromatic carbocycles. The van der Waals surface area contributed by atoms with Gasteiger partial charge in [0.2, 0.25) is 0 Å². The fourth-order valence-electron chi connectivity index (χ4n) is 2.93. The van der Waals surface area contributed by atoms with E-state index in [0.29, 0.717) is 17.8 Å². The highest BCUT2D eigenvalue weighted by atomic mass is 32.2. The van der Waals surface area contributed by atoms with Crippen molar-refractivity contribution in [3.63, 3.8) is 0 Å². The van der Waals surface area contributed by atoms with Gasteiger partial charge in [0, 0.05) is 19.2 Å². The summed E-state index contributed by atoms with van der Waals surface area (Å²) >= 11 is 0. The molecule has 0 fully saturated rings. The zero-order valence-electron chi connectivity index (χ0n) is 16.7. The molecule has 1 amide bonds. The maximum atomic E-state index is 12.9. The van der Waals surface area contributed by atoms with E-state index in [2.05, 4.69) is 4.72 Å². The first-order valence-corrected chi connectivity index (χ1v) is 10.7. The summed E-state index contributed by atoms with van der Waals surface area (Å²) in [4.78, 5) is 14.7. The smallest absolute Gasteiger partial charge is 0.261 e. The Labute approximate surface area is 172 Å². The minimum atomic E-state index is -3.73. The normalized spacial score (nSPS) is 11.1. The first kappa shape index (κ1) is 20.6. The lowest BCUT2D eigenvalue weighted by Crippen LogP contribution is -2.26. The van der Waals surface area contributed by atoms with Crippen LogP contribution in [0.3, 0.4) is 0 Å². The number of aryl methyl sites for hydroxylation is 2. The molecule has 0 atom stereocenters. The number of nitrogens with zero attached hydrogens (tertiary/aromatic N) is 1. The maximum absolute atomic E-state index is 12.9. The SMILES string of the molecule is Cc1ccc(CN(C)C(=O)c2ccc(C)c(NS(=O)(=O)c3ccccc3)c2)cc1. The van der Waals surface area contributed by atoms with E-state index >= 15 is 0 Å². The first-order chi connectivity index (χ1) is 13.8. The third kappa shape index (κ3) is 5.03. The van der Waals surface area contributed by atoms with Crippen molar-refractivity contribution in [2.24, 2.45) is 0 Å².